The molecule has 2 aromatic rings. The van der Waals surface area contributed by atoms with Crippen molar-refractivity contribution in [3.8, 4) is 0 Å². The van der Waals surface area contributed by atoms with Crippen molar-refractivity contribution in [1.29, 1.82) is 0 Å². The summed E-state index contributed by atoms with van der Waals surface area (Å²) < 4.78 is 0. The highest BCUT2D eigenvalue weighted by Gasteiger charge is 2.06. The lowest BCUT2D eigenvalue weighted by molar-refractivity contribution is 1.00. The largest absolute Gasteiger partial charge is 0.354 e. The van der Waals surface area contributed by atoms with Crippen LogP contribution in [0, 0.1) is 0 Å². The Labute approximate surface area is 123 Å². The molecule has 0 fully saturated rings. The number of nitrogens with one attached hydrogen (secondary N) is 3. The smallest absolute Gasteiger partial charge is 0.233 e. The van der Waals surface area contributed by atoms with E-state index in [1.54, 1.807) is 0 Å². The van der Waals surface area contributed by atoms with Gasteiger partial charge in [-0.3, -0.25) is 0 Å². The van der Waals surface area contributed by atoms with Crippen molar-refractivity contribution in [3.63, 3.8) is 0 Å². The molecule has 20 heavy (non-hydrogen) atoms. The maximum atomic E-state index is 5.96. The van der Waals surface area contributed by atoms with Crippen molar-refractivity contribution in [2.24, 2.45) is 0 Å². The summed E-state index contributed by atoms with van der Waals surface area (Å²) in [5.41, 5.74) is 0.827. The van der Waals surface area contributed by atoms with Crippen molar-refractivity contribution in [1.82, 2.24) is 15.0 Å². The first-order valence-electron chi connectivity index (χ1n) is 6.47. The molecule has 0 aliphatic heterocycles. The Bertz CT molecular complexity index is 550. The van der Waals surface area contributed by atoms with E-state index in [0.29, 0.717) is 22.9 Å². The molecule has 0 aliphatic rings. The molecule has 1 aromatic carbocycles. The van der Waals surface area contributed by atoms with Crippen LogP contribution in [0.5, 0.6) is 0 Å². The van der Waals surface area contributed by atoms with Gasteiger partial charge >= 0.3 is 0 Å². The number of benzene rings is 1. The molecule has 0 atom stereocenters. The molecule has 0 spiro atoms. The van der Waals surface area contributed by atoms with E-state index in [2.05, 4.69) is 30.9 Å². The van der Waals surface area contributed by atoms with Gasteiger partial charge in [0.1, 0.15) is 0 Å². The average Bonchev–Trinajstić information content (AvgIpc) is 2.39. The Balaban J connectivity index is 2.25. The lowest BCUT2D eigenvalue weighted by Gasteiger charge is -2.10. The number of rotatable bonds is 6. The van der Waals surface area contributed by atoms with E-state index >= 15 is 0 Å². The number of aromatic nitrogens is 3. The van der Waals surface area contributed by atoms with E-state index in [9.17, 15) is 0 Å². The van der Waals surface area contributed by atoms with Crippen LogP contribution in [0.4, 0.5) is 23.5 Å². The van der Waals surface area contributed by atoms with Crippen molar-refractivity contribution in [3.05, 3.63) is 29.3 Å². The van der Waals surface area contributed by atoms with Gasteiger partial charge in [-0.2, -0.15) is 15.0 Å². The summed E-state index contributed by atoms with van der Waals surface area (Å²) in [6.45, 7) is 5.46. The van der Waals surface area contributed by atoms with Crippen LogP contribution < -0.4 is 16.0 Å². The van der Waals surface area contributed by atoms with Crippen LogP contribution in [0.25, 0.3) is 0 Å². The van der Waals surface area contributed by atoms with Crippen molar-refractivity contribution >= 4 is 35.1 Å². The summed E-state index contributed by atoms with van der Waals surface area (Å²) in [4.78, 5) is 12.9. The van der Waals surface area contributed by atoms with Gasteiger partial charge in [0.2, 0.25) is 17.8 Å². The zero-order chi connectivity index (χ0) is 14.4. The number of hydrogen-bond donors (Lipinski definition) is 3. The first kappa shape index (κ1) is 14.3. The standard InChI is InChI=1S/C13H17ClN6/c1-3-15-11-18-12(16-4-2)20-13(19-11)17-10-7-5-6-9(14)8-10/h5-8H,3-4H2,1-2H3,(H3,15,16,17,18,19,20). The van der Waals surface area contributed by atoms with E-state index in [-0.39, 0.29) is 0 Å². The predicted octanol–water partition coefficient (Wildman–Crippen LogP) is 3.13. The van der Waals surface area contributed by atoms with Gasteiger partial charge in [-0.05, 0) is 32.0 Å². The molecule has 1 heterocycles. The van der Waals surface area contributed by atoms with Gasteiger partial charge in [-0.25, -0.2) is 0 Å². The molecule has 6 nitrogen and oxygen atoms in total. The molecule has 1 aromatic heterocycles. The Morgan fingerprint density at radius 2 is 1.55 bits per heavy atom. The second kappa shape index (κ2) is 6.91. The number of anilines is 4. The molecule has 7 heteroatoms. The fraction of sp³-hybridized carbons (Fsp3) is 0.308. The van der Waals surface area contributed by atoms with Crippen molar-refractivity contribution < 1.29 is 0 Å². The minimum absolute atomic E-state index is 0.467. The number of halogens is 1. The molecule has 2 rings (SSSR count). The molecule has 0 saturated carbocycles. The summed E-state index contributed by atoms with van der Waals surface area (Å²) >= 11 is 5.96. The molecular weight excluding hydrogens is 276 g/mol. The maximum absolute atomic E-state index is 5.96. The van der Waals surface area contributed by atoms with Crippen LogP contribution in [-0.2, 0) is 0 Å². The summed E-state index contributed by atoms with van der Waals surface area (Å²) in [5, 5.41) is 9.92. The summed E-state index contributed by atoms with van der Waals surface area (Å²) in [6.07, 6.45) is 0. The fourth-order valence-corrected chi connectivity index (χ4v) is 1.79. The van der Waals surface area contributed by atoms with Crippen LogP contribution >= 0.6 is 11.6 Å². The minimum Gasteiger partial charge on any atom is -0.354 e. The fourth-order valence-electron chi connectivity index (χ4n) is 1.60. The Hall–Kier alpha value is -2.08. The molecule has 106 valence electrons. The van der Waals surface area contributed by atoms with Gasteiger partial charge in [0.25, 0.3) is 0 Å². The summed E-state index contributed by atoms with van der Waals surface area (Å²) in [5.74, 6) is 1.53. The van der Waals surface area contributed by atoms with Gasteiger partial charge in [0, 0.05) is 23.8 Å². The van der Waals surface area contributed by atoms with Crippen molar-refractivity contribution in [2.75, 3.05) is 29.0 Å². The molecule has 0 saturated heterocycles. The average molecular weight is 293 g/mol. The lowest BCUT2D eigenvalue weighted by Crippen LogP contribution is -2.10. The molecule has 0 unspecified atom stereocenters. The van der Waals surface area contributed by atoms with E-state index in [4.69, 9.17) is 11.6 Å². The highest BCUT2D eigenvalue weighted by molar-refractivity contribution is 6.30. The molecule has 3 N–H and O–H groups in total. The topological polar surface area (TPSA) is 74.8 Å². The quantitative estimate of drug-likeness (QED) is 0.759. The second-order valence-corrected chi connectivity index (χ2v) is 4.44. The van der Waals surface area contributed by atoms with E-state index < -0.39 is 0 Å². The Morgan fingerprint density at radius 3 is 2.10 bits per heavy atom. The van der Waals surface area contributed by atoms with Crippen molar-refractivity contribution in [2.45, 2.75) is 13.8 Å². The molecule has 0 amide bonds. The third kappa shape index (κ3) is 3.96. The van der Waals surface area contributed by atoms with Gasteiger partial charge in [-0.15, -0.1) is 0 Å². The lowest BCUT2D eigenvalue weighted by atomic mass is 10.3. The van der Waals surface area contributed by atoms with Gasteiger partial charge in [0.05, 0.1) is 0 Å². The Morgan fingerprint density at radius 1 is 0.950 bits per heavy atom. The Kier molecular flexibility index (Phi) is 4.95. The van der Waals surface area contributed by atoms with E-state index in [0.717, 1.165) is 18.8 Å². The SMILES string of the molecule is CCNc1nc(NCC)nc(Nc2cccc(Cl)c2)n1. The highest BCUT2D eigenvalue weighted by atomic mass is 35.5. The van der Waals surface area contributed by atoms with Gasteiger partial charge in [-0.1, -0.05) is 17.7 Å². The van der Waals surface area contributed by atoms with Crippen LogP contribution in [0.1, 0.15) is 13.8 Å². The third-order valence-corrected chi connectivity index (χ3v) is 2.62. The highest BCUT2D eigenvalue weighted by Crippen LogP contribution is 2.19. The zero-order valence-electron chi connectivity index (χ0n) is 11.4. The maximum Gasteiger partial charge on any atom is 0.233 e. The van der Waals surface area contributed by atoms with Gasteiger partial charge < -0.3 is 16.0 Å². The molecular formula is C13H17ClN6. The number of nitrogens with zero attached hydrogens (tertiary/aromatic N) is 3. The van der Waals surface area contributed by atoms with E-state index in [1.165, 1.54) is 0 Å². The van der Waals surface area contributed by atoms with Gasteiger partial charge in [0.15, 0.2) is 0 Å². The summed E-state index contributed by atoms with van der Waals surface area (Å²) in [6, 6.07) is 7.39. The van der Waals surface area contributed by atoms with Crippen LogP contribution in [-0.4, -0.2) is 28.0 Å². The third-order valence-electron chi connectivity index (χ3n) is 2.39. The monoisotopic (exact) mass is 292 g/mol. The first-order chi connectivity index (χ1) is 9.71. The second-order valence-electron chi connectivity index (χ2n) is 4.00. The first-order valence-corrected chi connectivity index (χ1v) is 6.85. The van der Waals surface area contributed by atoms with Crippen LogP contribution in [0.15, 0.2) is 24.3 Å². The molecule has 0 bridgehead atoms. The minimum atomic E-state index is 0.467. The zero-order valence-corrected chi connectivity index (χ0v) is 12.2. The molecule has 0 radical (unpaired) electrons. The summed E-state index contributed by atoms with van der Waals surface area (Å²) in [7, 11) is 0. The normalized spacial score (nSPS) is 10.2. The molecule has 0 aliphatic carbocycles. The van der Waals surface area contributed by atoms with E-state index in [1.807, 2.05) is 38.1 Å². The van der Waals surface area contributed by atoms with Crippen LogP contribution in [0.2, 0.25) is 5.02 Å². The predicted molar refractivity (Wildman–Crippen MR) is 82.9 cm³/mol. The number of hydrogen-bond acceptors (Lipinski definition) is 6. The van der Waals surface area contributed by atoms with Crippen LogP contribution in [0.3, 0.4) is 0 Å².